The Bertz CT molecular complexity index is 840. The van der Waals surface area contributed by atoms with Gasteiger partial charge < -0.3 is 15.8 Å². The third kappa shape index (κ3) is 4.44. The van der Waals surface area contributed by atoms with E-state index in [0.717, 1.165) is 11.3 Å². The van der Waals surface area contributed by atoms with Gasteiger partial charge in [0, 0.05) is 24.5 Å². The normalized spacial score (nSPS) is 13.4. The van der Waals surface area contributed by atoms with Gasteiger partial charge in [-0.15, -0.1) is 0 Å². The molecule has 0 fully saturated rings. The molecule has 3 N–H and O–H groups in total. The highest BCUT2D eigenvalue weighted by Gasteiger charge is 2.12. The zero-order chi connectivity index (χ0) is 17.6. The third-order valence-corrected chi connectivity index (χ3v) is 4.56. The van der Waals surface area contributed by atoms with E-state index < -0.39 is 0 Å². The van der Waals surface area contributed by atoms with E-state index in [4.69, 9.17) is 10.5 Å². The number of aromatic nitrogens is 1. The highest BCUT2D eigenvalue weighted by Crippen LogP contribution is 2.28. The number of rotatable bonds is 7. The smallest absolute Gasteiger partial charge is 0.237 e. The molecule has 1 heterocycles. The van der Waals surface area contributed by atoms with Gasteiger partial charge in [0.15, 0.2) is 0 Å². The molecule has 25 heavy (non-hydrogen) atoms. The number of hydrogen-bond donors (Lipinski definition) is 3. The summed E-state index contributed by atoms with van der Waals surface area (Å²) in [6.45, 7) is 2.65. The third-order valence-electron chi connectivity index (χ3n) is 4.09. The van der Waals surface area contributed by atoms with Crippen LogP contribution >= 0.6 is 12.6 Å². The van der Waals surface area contributed by atoms with Gasteiger partial charge in [-0.25, -0.2) is 4.98 Å². The van der Waals surface area contributed by atoms with E-state index in [1.54, 1.807) is 6.20 Å². The lowest BCUT2D eigenvalue weighted by atomic mass is 10.0. The number of benzene rings is 2. The van der Waals surface area contributed by atoms with Crippen molar-refractivity contribution in [3.63, 3.8) is 0 Å². The monoisotopic (exact) mass is 353 g/mol. The number of nitrogens with one attached hydrogen (secondary N) is 1. The van der Waals surface area contributed by atoms with Crippen LogP contribution in [0.5, 0.6) is 5.88 Å². The van der Waals surface area contributed by atoms with Gasteiger partial charge in [0.05, 0.1) is 5.69 Å². The lowest BCUT2D eigenvalue weighted by Crippen LogP contribution is -2.30. The van der Waals surface area contributed by atoms with Crippen LogP contribution in [0.2, 0.25) is 0 Å². The molecule has 5 heteroatoms. The fourth-order valence-electron chi connectivity index (χ4n) is 2.62. The minimum absolute atomic E-state index is 0.0192. The van der Waals surface area contributed by atoms with Crippen LogP contribution in [0.4, 0.5) is 5.69 Å². The standard InChI is InChI=1S/C20H23N3OS/c1-14(16-9-8-15-5-2-3-6-17(15)11-16)24-20-19(7-4-10-22-20)23-12-18(21)13-25/h2-11,14,18,23,25H,12-13,21H2,1H3. The summed E-state index contributed by atoms with van der Waals surface area (Å²) in [6, 6.07) is 18.5. The van der Waals surface area contributed by atoms with Gasteiger partial charge in [0.1, 0.15) is 6.10 Å². The molecule has 0 saturated heterocycles. The molecule has 2 aromatic carbocycles. The van der Waals surface area contributed by atoms with Crippen LogP contribution in [0.15, 0.2) is 60.8 Å². The number of thiol groups is 1. The molecular formula is C20H23N3OS. The van der Waals surface area contributed by atoms with E-state index in [9.17, 15) is 0 Å². The Morgan fingerprint density at radius 1 is 1.12 bits per heavy atom. The fourth-order valence-corrected chi connectivity index (χ4v) is 2.75. The summed E-state index contributed by atoms with van der Waals surface area (Å²) in [6.07, 6.45) is 1.62. The summed E-state index contributed by atoms with van der Waals surface area (Å²) in [7, 11) is 0. The maximum atomic E-state index is 6.11. The van der Waals surface area contributed by atoms with Crippen LogP contribution in [0.3, 0.4) is 0 Å². The molecule has 4 nitrogen and oxygen atoms in total. The SMILES string of the molecule is CC(Oc1ncccc1NCC(N)CS)c1ccc2ccccc2c1. The van der Waals surface area contributed by atoms with Gasteiger partial charge in [-0.1, -0.05) is 36.4 Å². The van der Waals surface area contributed by atoms with Crippen LogP contribution in [0.25, 0.3) is 10.8 Å². The summed E-state index contributed by atoms with van der Waals surface area (Å²) in [5.41, 5.74) is 7.87. The summed E-state index contributed by atoms with van der Waals surface area (Å²) in [5.74, 6) is 1.20. The first kappa shape index (κ1) is 17.6. The van der Waals surface area contributed by atoms with Gasteiger partial charge in [-0.3, -0.25) is 0 Å². The first-order chi connectivity index (χ1) is 12.2. The zero-order valence-electron chi connectivity index (χ0n) is 14.2. The van der Waals surface area contributed by atoms with Gasteiger partial charge in [0.2, 0.25) is 5.88 Å². The molecule has 130 valence electrons. The Hall–Kier alpha value is -2.24. The lowest BCUT2D eigenvalue weighted by Gasteiger charge is -2.18. The largest absolute Gasteiger partial charge is 0.468 e. The summed E-state index contributed by atoms with van der Waals surface area (Å²) >= 11 is 4.21. The summed E-state index contributed by atoms with van der Waals surface area (Å²) in [5, 5.41) is 5.71. The van der Waals surface area contributed by atoms with Crippen LogP contribution in [0.1, 0.15) is 18.6 Å². The topological polar surface area (TPSA) is 60.2 Å². The highest BCUT2D eigenvalue weighted by molar-refractivity contribution is 7.80. The molecule has 3 aromatic rings. The van der Waals surface area contributed by atoms with Gasteiger partial charge in [-0.05, 0) is 41.5 Å². The number of nitrogens with two attached hydrogens (primary N) is 1. The van der Waals surface area contributed by atoms with Gasteiger partial charge >= 0.3 is 0 Å². The first-order valence-electron chi connectivity index (χ1n) is 8.38. The number of nitrogens with zero attached hydrogens (tertiary/aromatic N) is 1. The predicted octanol–water partition coefficient (Wildman–Crippen LogP) is 4.04. The van der Waals surface area contributed by atoms with Crippen LogP contribution < -0.4 is 15.8 Å². The summed E-state index contributed by atoms with van der Waals surface area (Å²) in [4.78, 5) is 4.37. The minimum Gasteiger partial charge on any atom is -0.468 e. The van der Waals surface area contributed by atoms with Crippen molar-refractivity contribution >= 4 is 29.1 Å². The van der Waals surface area contributed by atoms with Crippen LogP contribution in [-0.2, 0) is 0 Å². The number of ether oxygens (including phenoxy) is 1. The van der Waals surface area contributed by atoms with Crippen molar-refractivity contribution in [2.75, 3.05) is 17.6 Å². The molecular weight excluding hydrogens is 330 g/mol. The van der Waals surface area contributed by atoms with Crippen molar-refractivity contribution in [2.45, 2.75) is 19.1 Å². The Morgan fingerprint density at radius 2 is 1.92 bits per heavy atom. The quantitative estimate of drug-likeness (QED) is 0.561. The van der Waals surface area contributed by atoms with Crippen molar-refractivity contribution < 1.29 is 4.74 Å². The van der Waals surface area contributed by atoms with Gasteiger partial charge in [0.25, 0.3) is 0 Å². The number of hydrogen-bond acceptors (Lipinski definition) is 5. The lowest BCUT2D eigenvalue weighted by molar-refractivity contribution is 0.219. The number of fused-ring (bicyclic) bond motifs is 1. The zero-order valence-corrected chi connectivity index (χ0v) is 15.1. The predicted molar refractivity (Wildman–Crippen MR) is 108 cm³/mol. The molecule has 3 rings (SSSR count). The second-order valence-electron chi connectivity index (χ2n) is 6.05. The first-order valence-corrected chi connectivity index (χ1v) is 9.01. The van der Waals surface area contributed by atoms with E-state index in [1.807, 2.05) is 31.2 Å². The molecule has 0 saturated carbocycles. The van der Waals surface area contributed by atoms with E-state index in [0.29, 0.717) is 18.2 Å². The van der Waals surface area contributed by atoms with Crippen LogP contribution in [0, 0.1) is 0 Å². The second-order valence-corrected chi connectivity index (χ2v) is 6.41. The highest BCUT2D eigenvalue weighted by atomic mass is 32.1. The van der Waals surface area contributed by atoms with E-state index in [2.05, 4.69) is 53.3 Å². The fraction of sp³-hybridized carbons (Fsp3) is 0.250. The van der Waals surface area contributed by atoms with E-state index in [1.165, 1.54) is 10.8 Å². The van der Waals surface area contributed by atoms with Crippen LogP contribution in [-0.4, -0.2) is 23.3 Å². The van der Waals surface area contributed by atoms with E-state index in [-0.39, 0.29) is 12.1 Å². The number of anilines is 1. The Kier molecular flexibility index (Phi) is 5.79. The van der Waals surface area contributed by atoms with E-state index >= 15 is 0 Å². The number of pyridine rings is 1. The molecule has 0 aliphatic heterocycles. The molecule has 0 aliphatic carbocycles. The summed E-state index contributed by atoms with van der Waals surface area (Å²) < 4.78 is 6.11. The average Bonchev–Trinajstić information content (AvgIpc) is 2.66. The molecule has 2 atom stereocenters. The maximum absolute atomic E-state index is 6.11. The van der Waals surface area contributed by atoms with Crippen molar-refractivity contribution in [1.29, 1.82) is 0 Å². The molecule has 2 unspecified atom stereocenters. The Morgan fingerprint density at radius 3 is 2.72 bits per heavy atom. The van der Waals surface area contributed by atoms with Gasteiger partial charge in [-0.2, -0.15) is 12.6 Å². The molecule has 0 amide bonds. The van der Waals surface area contributed by atoms with Crippen molar-refractivity contribution in [1.82, 2.24) is 4.98 Å². The molecule has 0 aliphatic rings. The van der Waals surface area contributed by atoms with Crippen molar-refractivity contribution in [3.05, 3.63) is 66.4 Å². The van der Waals surface area contributed by atoms with Crippen molar-refractivity contribution in [2.24, 2.45) is 5.73 Å². The average molecular weight is 353 g/mol. The molecule has 0 radical (unpaired) electrons. The minimum atomic E-state index is -0.112. The Labute approximate surface area is 153 Å². The second kappa shape index (κ2) is 8.23. The Balaban J connectivity index is 1.76. The molecule has 0 spiro atoms. The van der Waals surface area contributed by atoms with Crippen molar-refractivity contribution in [3.8, 4) is 5.88 Å². The molecule has 1 aromatic heterocycles. The maximum Gasteiger partial charge on any atom is 0.237 e. The molecule has 0 bridgehead atoms.